The van der Waals surface area contributed by atoms with Crippen molar-refractivity contribution in [2.75, 3.05) is 33.5 Å². The van der Waals surface area contributed by atoms with Gasteiger partial charge in [0.2, 0.25) is 0 Å². The minimum atomic E-state index is -1.07. The molecular weight excluding hydrogens is 449 g/mol. The lowest BCUT2D eigenvalue weighted by atomic mass is 9.80. The molecule has 1 aliphatic heterocycles. The molecule has 0 bridgehead atoms. The van der Waals surface area contributed by atoms with E-state index in [1.165, 1.54) is 7.11 Å². The number of methoxy groups -OCH3 is 1. The zero-order valence-corrected chi connectivity index (χ0v) is 18.9. The summed E-state index contributed by atoms with van der Waals surface area (Å²) >= 11 is 12.7. The Morgan fingerprint density at radius 2 is 1.94 bits per heavy atom. The zero-order chi connectivity index (χ0) is 23.1. The maximum atomic E-state index is 13.0. The molecule has 0 fully saturated rings. The number of rotatable bonds is 9. The van der Waals surface area contributed by atoms with Crippen molar-refractivity contribution in [3.63, 3.8) is 0 Å². The molecule has 0 amide bonds. The molecule has 1 heterocycles. The van der Waals surface area contributed by atoms with E-state index in [0.29, 0.717) is 17.0 Å². The fourth-order valence-corrected chi connectivity index (χ4v) is 3.66. The summed E-state index contributed by atoms with van der Waals surface area (Å²) in [6.45, 7) is 2.67. The number of carbonyl (C=O) groups excluding carboxylic acids is 2. The number of nitrogens with one attached hydrogen (secondary N) is 1. The van der Waals surface area contributed by atoms with E-state index >= 15 is 0 Å². The fraction of sp³-hybridized carbons (Fsp3) is 0.429. The van der Waals surface area contributed by atoms with Crippen LogP contribution in [0.3, 0.4) is 0 Å². The second-order valence-electron chi connectivity index (χ2n) is 6.70. The average Bonchev–Trinajstić information content (AvgIpc) is 2.74. The van der Waals surface area contributed by atoms with Gasteiger partial charge in [0.1, 0.15) is 6.10 Å². The second kappa shape index (κ2) is 11.5. The molecule has 2 unspecified atom stereocenters. The van der Waals surface area contributed by atoms with Crippen molar-refractivity contribution in [2.24, 2.45) is 0 Å². The Morgan fingerprint density at radius 3 is 2.55 bits per heavy atom. The van der Waals surface area contributed by atoms with Gasteiger partial charge in [-0.05, 0) is 25.5 Å². The van der Waals surface area contributed by atoms with Gasteiger partial charge in [-0.15, -0.1) is 0 Å². The third-order valence-electron chi connectivity index (χ3n) is 4.61. The predicted octanol–water partition coefficient (Wildman–Crippen LogP) is 2.31. The number of esters is 2. The highest BCUT2D eigenvalue weighted by Crippen LogP contribution is 2.43. The molecule has 0 aromatic heterocycles. The molecule has 2 atom stereocenters. The van der Waals surface area contributed by atoms with Crippen LogP contribution in [0.1, 0.15) is 25.3 Å². The Bertz CT molecular complexity index is 898. The van der Waals surface area contributed by atoms with Crippen LogP contribution in [0, 0.1) is 0 Å². The van der Waals surface area contributed by atoms with Crippen LogP contribution in [-0.4, -0.2) is 61.8 Å². The molecule has 0 saturated heterocycles. The van der Waals surface area contributed by atoms with Crippen LogP contribution < -0.4 is 5.32 Å². The van der Waals surface area contributed by atoms with Crippen molar-refractivity contribution in [3.8, 4) is 0 Å². The van der Waals surface area contributed by atoms with Gasteiger partial charge in [0.05, 0.1) is 66.3 Å². The molecule has 0 aliphatic carbocycles. The van der Waals surface area contributed by atoms with Gasteiger partial charge in [-0.3, -0.25) is 0 Å². The molecule has 8 nitrogen and oxygen atoms in total. The lowest BCUT2D eigenvalue weighted by molar-refractivity contribution is -0.139. The van der Waals surface area contributed by atoms with Crippen LogP contribution in [0.2, 0.25) is 10.0 Å². The molecule has 0 saturated carbocycles. The van der Waals surface area contributed by atoms with Crippen molar-refractivity contribution in [1.29, 1.82) is 0 Å². The van der Waals surface area contributed by atoms with Gasteiger partial charge in [0.15, 0.2) is 0 Å². The van der Waals surface area contributed by atoms with Gasteiger partial charge in [0, 0.05) is 5.70 Å². The number of hydrogen-bond acceptors (Lipinski definition) is 8. The van der Waals surface area contributed by atoms with E-state index in [1.807, 2.05) is 0 Å². The number of halogens is 2. The van der Waals surface area contributed by atoms with E-state index in [9.17, 15) is 14.7 Å². The Labute approximate surface area is 190 Å². The van der Waals surface area contributed by atoms with E-state index in [0.717, 1.165) is 0 Å². The van der Waals surface area contributed by atoms with E-state index < -0.39 is 30.6 Å². The second-order valence-corrected chi connectivity index (χ2v) is 7.48. The van der Waals surface area contributed by atoms with E-state index in [1.54, 1.807) is 32.0 Å². The normalized spacial score (nSPS) is 17.3. The van der Waals surface area contributed by atoms with Crippen LogP contribution in [0.25, 0.3) is 0 Å². The summed E-state index contributed by atoms with van der Waals surface area (Å²) in [4.78, 5) is 25.7. The van der Waals surface area contributed by atoms with Gasteiger partial charge < -0.3 is 29.7 Å². The van der Waals surface area contributed by atoms with Crippen LogP contribution in [0.15, 0.2) is 40.7 Å². The highest BCUT2D eigenvalue weighted by atomic mass is 35.5. The number of aliphatic hydroxyl groups excluding tert-OH is 2. The van der Waals surface area contributed by atoms with Crippen LogP contribution in [-0.2, 0) is 23.8 Å². The minimum absolute atomic E-state index is 0.103. The molecule has 1 aromatic carbocycles. The summed E-state index contributed by atoms with van der Waals surface area (Å²) in [6.07, 6.45) is -1.07. The van der Waals surface area contributed by atoms with Crippen molar-refractivity contribution in [2.45, 2.75) is 25.9 Å². The van der Waals surface area contributed by atoms with Crippen LogP contribution in [0.5, 0.6) is 0 Å². The molecular formula is C21H25Cl2NO7. The standard InChI is InChI=1S/C21H25Cl2NO7/c1-4-31-21(28)18-15(10-30-9-12(26)8-25)24-11(2)16(20(27)29-3)17(18)13-6-5-7-14(22)19(13)23/h5-7,12,17,24-26H,4,8-10H2,1-3H3. The molecule has 3 N–H and O–H groups in total. The van der Waals surface area contributed by atoms with Crippen LogP contribution in [0.4, 0.5) is 0 Å². The summed E-state index contributed by atoms with van der Waals surface area (Å²) in [7, 11) is 1.24. The molecule has 1 aliphatic rings. The first-order chi connectivity index (χ1) is 14.8. The molecule has 0 radical (unpaired) electrons. The number of dihydropyridines is 1. The number of ether oxygens (including phenoxy) is 3. The van der Waals surface area contributed by atoms with Crippen molar-refractivity contribution >= 4 is 35.1 Å². The SMILES string of the molecule is CCOC(=O)C1=C(COCC(O)CO)NC(C)=C(C(=O)OC)C1c1cccc(Cl)c1Cl. The monoisotopic (exact) mass is 473 g/mol. The fourth-order valence-electron chi connectivity index (χ4n) is 3.24. The van der Waals surface area contributed by atoms with Crippen molar-refractivity contribution in [1.82, 2.24) is 5.32 Å². The third-order valence-corrected chi connectivity index (χ3v) is 5.44. The topological polar surface area (TPSA) is 114 Å². The Balaban J connectivity index is 2.66. The van der Waals surface area contributed by atoms with Gasteiger partial charge in [-0.1, -0.05) is 35.3 Å². The smallest absolute Gasteiger partial charge is 0.336 e. The Kier molecular flexibility index (Phi) is 9.33. The molecule has 31 heavy (non-hydrogen) atoms. The minimum Gasteiger partial charge on any atom is -0.466 e. The summed E-state index contributed by atoms with van der Waals surface area (Å²) in [5.74, 6) is -2.25. The van der Waals surface area contributed by atoms with Gasteiger partial charge in [-0.2, -0.15) is 0 Å². The van der Waals surface area contributed by atoms with Crippen molar-refractivity contribution in [3.05, 3.63) is 56.3 Å². The quantitative estimate of drug-likeness (QED) is 0.468. The van der Waals surface area contributed by atoms with Crippen molar-refractivity contribution < 1.29 is 34.0 Å². The first-order valence-electron chi connectivity index (χ1n) is 9.53. The third kappa shape index (κ3) is 5.78. The Hall–Kier alpha value is -2.10. The summed E-state index contributed by atoms with van der Waals surface area (Å²) < 4.78 is 15.7. The number of carbonyl (C=O) groups is 2. The Morgan fingerprint density at radius 1 is 1.23 bits per heavy atom. The van der Waals surface area contributed by atoms with E-state index in [2.05, 4.69) is 5.32 Å². The largest absolute Gasteiger partial charge is 0.466 e. The van der Waals surface area contributed by atoms with Gasteiger partial charge >= 0.3 is 11.9 Å². The highest BCUT2D eigenvalue weighted by molar-refractivity contribution is 6.42. The number of allylic oxidation sites excluding steroid dienone is 1. The molecule has 0 spiro atoms. The lowest BCUT2D eigenvalue weighted by Gasteiger charge is -2.32. The zero-order valence-electron chi connectivity index (χ0n) is 17.4. The highest BCUT2D eigenvalue weighted by Gasteiger charge is 2.40. The first kappa shape index (κ1) is 25.2. The summed E-state index contributed by atoms with van der Waals surface area (Å²) in [5, 5.41) is 22.0. The molecule has 10 heteroatoms. The van der Waals surface area contributed by atoms with E-state index in [4.69, 9.17) is 42.5 Å². The molecule has 170 valence electrons. The number of benzene rings is 1. The summed E-state index contributed by atoms with van der Waals surface area (Å²) in [6, 6.07) is 4.91. The number of aliphatic hydroxyl groups is 2. The summed E-state index contributed by atoms with van der Waals surface area (Å²) in [5.41, 5.74) is 1.47. The first-order valence-corrected chi connectivity index (χ1v) is 10.3. The maximum Gasteiger partial charge on any atom is 0.336 e. The van der Waals surface area contributed by atoms with E-state index in [-0.39, 0.29) is 41.0 Å². The average molecular weight is 474 g/mol. The van der Waals surface area contributed by atoms with Crippen LogP contribution >= 0.6 is 23.2 Å². The predicted molar refractivity (Wildman–Crippen MR) is 115 cm³/mol. The number of hydrogen-bond donors (Lipinski definition) is 3. The molecule has 1 aromatic rings. The molecule has 2 rings (SSSR count). The maximum absolute atomic E-state index is 13.0. The van der Waals surface area contributed by atoms with Gasteiger partial charge in [-0.25, -0.2) is 9.59 Å². The van der Waals surface area contributed by atoms with Gasteiger partial charge in [0.25, 0.3) is 0 Å². The lowest BCUT2D eigenvalue weighted by Crippen LogP contribution is -2.35.